The van der Waals surface area contributed by atoms with E-state index in [4.69, 9.17) is 5.11 Å². The molecule has 1 N–H and O–H groups in total. The third-order valence-electron chi connectivity index (χ3n) is 3.08. The molecule has 0 bridgehead atoms. The Morgan fingerprint density at radius 3 is 2.76 bits per heavy atom. The fourth-order valence-electron chi connectivity index (χ4n) is 2.07. The first-order valence-corrected chi connectivity index (χ1v) is 5.95. The standard InChI is InChI=1S/C12H20N2O3/c1-3-6-13(9-11(15)16)12(17)14-7-5-10(4-2)8-14/h3,10H,1,4-9H2,2H3,(H,15,16). The Morgan fingerprint density at radius 2 is 2.29 bits per heavy atom. The van der Waals surface area contributed by atoms with Gasteiger partial charge < -0.3 is 14.9 Å². The number of aliphatic carboxylic acids is 1. The highest BCUT2D eigenvalue weighted by molar-refractivity contribution is 5.80. The molecule has 1 aliphatic rings. The molecule has 5 heteroatoms. The molecule has 0 saturated carbocycles. The van der Waals surface area contributed by atoms with Gasteiger partial charge in [0.1, 0.15) is 6.54 Å². The first-order valence-electron chi connectivity index (χ1n) is 5.95. The van der Waals surface area contributed by atoms with Crippen LogP contribution in [0.15, 0.2) is 12.7 Å². The quantitative estimate of drug-likeness (QED) is 0.739. The lowest BCUT2D eigenvalue weighted by Crippen LogP contribution is -2.44. The lowest BCUT2D eigenvalue weighted by molar-refractivity contribution is -0.137. The Hall–Kier alpha value is -1.52. The van der Waals surface area contributed by atoms with Crippen molar-refractivity contribution in [2.24, 2.45) is 5.92 Å². The molecule has 1 atom stereocenters. The fraction of sp³-hybridized carbons (Fsp3) is 0.667. The van der Waals surface area contributed by atoms with Crippen molar-refractivity contribution in [3.8, 4) is 0 Å². The van der Waals surface area contributed by atoms with Crippen LogP contribution in [0, 0.1) is 5.92 Å². The molecule has 1 saturated heterocycles. The van der Waals surface area contributed by atoms with Crippen LogP contribution in [0.5, 0.6) is 0 Å². The van der Waals surface area contributed by atoms with E-state index in [1.165, 1.54) is 4.90 Å². The minimum atomic E-state index is -0.994. The summed E-state index contributed by atoms with van der Waals surface area (Å²) in [6, 6.07) is -0.191. The van der Waals surface area contributed by atoms with Gasteiger partial charge in [-0.3, -0.25) is 4.79 Å². The van der Waals surface area contributed by atoms with Gasteiger partial charge >= 0.3 is 12.0 Å². The summed E-state index contributed by atoms with van der Waals surface area (Å²) in [6.45, 7) is 7.13. The molecule has 5 nitrogen and oxygen atoms in total. The predicted octanol–water partition coefficient (Wildman–Crippen LogP) is 1.41. The molecule has 0 aromatic rings. The van der Waals surface area contributed by atoms with Crippen molar-refractivity contribution >= 4 is 12.0 Å². The van der Waals surface area contributed by atoms with Crippen molar-refractivity contribution < 1.29 is 14.7 Å². The van der Waals surface area contributed by atoms with Crippen LogP contribution < -0.4 is 0 Å². The van der Waals surface area contributed by atoms with E-state index in [2.05, 4.69) is 13.5 Å². The molecular formula is C12H20N2O3. The number of urea groups is 1. The smallest absolute Gasteiger partial charge is 0.323 e. The van der Waals surface area contributed by atoms with Gasteiger partial charge in [0.2, 0.25) is 0 Å². The molecule has 0 aromatic carbocycles. The average molecular weight is 240 g/mol. The van der Waals surface area contributed by atoms with Crippen LogP contribution in [0.1, 0.15) is 19.8 Å². The number of carbonyl (C=O) groups excluding carboxylic acids is 1. The molecule has 0 aliphatic carbocycles. The minimum absolute atomic E-state index is 0.191. The number of hydrogen-bond donors (Lipinski definition) is 1. The molecule has 1 rings (SSSR count). The van der Waals surface area contributed by atoms with Crippen LogP contribution in [-0.2, 0) is 4.79 Å². The van der Waals surface area contributed by atoms with E-state index in [1.807, 2.05) is 0 Å². The monoisotopic (exact) mass is 240 g/mol. The largest absolute Gasteiger partial charge is 0.480 e. The lowest BCUT2D eigenvalue weighted by Gasteiger charge is -2.25. The molecule has 1 aliphatic heterocycles. The van der Waals surface area contributed by atoms with Gasteiger partial charge in [-0.25, -0.2) is 4.79 Å². The van der Waals surface area contributed by atoms with Crippen LogP contribution in [0.2, 0.25) is 0 Å². The van der Waals surface area contributed by atoms with Crippen molar-refractivity contribution in [3.63, 3.8) is 0 Å². The summed E-state index contributed by atoms with van der Waals surface area (Å²) in [7, 11) is 0. The molecular weight excluding hydrogens is 220 g/mol. The number of nitrogens with zero attached hydrogens (tertiary/aromatic N) is 2. The number of rotatable bonds is 5. The molecule has 0 aromatic heterocycles. The minimum Gasteiger partial charge on any atom is -0.480 e. The summed E-state index contributed by atoms with van der Waals surface area (Å²) in [4.78, 5) is 25.8. The summed E-state index contributed by atoms with van der Waals surface area (Å²) in [5.41, 5.74) is 0. The summed E-state index contributed by atoms with van der Waals surface area (Å²) in [6.07, 6.45) is 3.62. The highest BCUT2D eigenvalue weighted by Gasteiger charge is 2.28. The molecule has 2 amide bonds. The average Bonchev–Trinajstić information content (AvgIpc) is 2.75. The van der Waals surface area contributed by atoms with E-state index < -0.39 is 5.97 Å². The van der Waals surface area contributed by atoms with Gasteiger partial charge in [-0.05, 0) is 12.3 Å². The van der Waals surface area contributed by atoms with E-state index in [-0.39, 0.29) is 19.1 Å². The molecule has 17 heavy (non-hydrogen) atoms. The zero-order valence-corrected chi connectivity index (χ0v) is 10.3. The van der Waals surface area contributed by atoms with Crippen LogP contribution in [0.3, 0.4) is 0 Å². The van der Waals surface area contributed by atoms with Gasteiger partial charge in [0.15, 0.2) is 0 Å². The van der Waals surface area contributed by atoms with Gasteiger partial charge in [0, 0.05) is 19.6 Å². The topological polar surface area (TPSA) is 60.9 Å². The second kappa shape index (κ2) is 6.27. The third-order valence-corrected chi connectivity index (χ3v) is 3.08. The SMILES string of the molecule is C=CCN(CC(=O)O)C(=O)N1CCC(CC)C1. The van der Waals surface area contributed by atoms with E-state index in [1.54, 1.807) is 11.0 Å². The van der Waals surface area contributed by atoms with Crippen molar-refractivity contribution in [1.82, 2.24) is 9.80 Å². The molecule has 0 radical (unpaired) electrons. The summed E-state index contributed by atoms with van der Waals surface area (Å²) in [5.74, 6) is -0.444. The lowest BCUT2D eigenvalue weighted by atomic mass is 10.1. The molecule has 1 heterocycles. The van der Waals surface area contributed by atoms with Crippen molar-refractivity contribution in [2.75, 3.05) is 26.2 Å². The predicted molar refractivity (Wildman–Crippen MR) is 64.8 cm³/mol. The van der Waals surface area contributed by atoms with Crippen molar-refractivity contribution in [3.05, 3.63) is 12.7 Å². The summed E-state index contributed by atoms with van der Waals surface area (Å²) in [5, 5.41) is 8.75. The van der Waals surface area contributed by atoms with Gasteiger partial charge in [0.25, 0.3) is 0 Å². The number of likely N-dealkylation sites (tertiary alicyclic amines) is 1. The first-order chi connectivity index (χ1) is 8.08. The zero-order chi connectivity index (χ0) is 12.8. The summed E-state index contributed by atoms with van der Waals surface area (Å²) < 4.78 is 0. The third kappa shape index (κ3) is 3.76. The van der Waals surface area contributed by atoms with Gasteiger partial charge in [-0.2, -0.15) is 0 Å². The normalized spacial score (nSPS) is 19.1. The number of carboxylic acids is 1. The number of amides is 2. The number of carboxylic acid groups (broad SMARTS) is 1. The Kier molecular flexibility index (Phi) is 5.00. The number of carbonyl (C=O) groups is 2. The van der Waals surface area contributed by atoms with Crippen molar-refractivity contribution in [1.29, 1.82) is 0 Å². The van der Waals surface area contributed by atoms with Gasteiger partial charge in [-0.1, -0.05) is 19.4 Å². The Balaban J connectivity index is 2.58. The highest BCUT2D eigenvalue weighted by Crippen LogP contribution is 2.20. The molecule has 1 fully saturated rings. The van der Waals surface area contributed by atoms with E-state index in [0.717, 1.165) is 25.9 Å². The van der Waals surface area contributed by atoms with E-state index in [9.17, 15) is 9.59 Å². The number of hydrogen-bond acceptors (Lipinski definition) is 2. The van der Waals surface area contributed by atoms with Gasteiger partial charge in [0.05, 0.1) is 0 Å². The maximum absolute atomic E-state index is 12.1. The Morgan fingerprint density at radius 1 is 1.59 bits per heavy atom. The molecule has 96 valence electrons. The second-order valence-electron chi connectivity index (χ2n) is 4.35. The highest BCUT2D eigenvalue weighted by atomic mass is 16.4. The zero-order valence-electron chi connectivity index (χ0n) is 10.3. The Bertz CT molecular complexity index is 304. The van der Waals surface area contributed by atoms with Crippen LogP contribution in [0.4, 0.5) is 4.79 Å². The van der Waals surface area contributed by atoms with Crippen LogP contribution in [0.25, 0.3) is 0 Å². The van der Waals surface area contributed by atoms with E-state index in [0.29, 0.717) is 5.92 Å². The first kappa shape index (κ1) is 13.5. The molecule has 0 spiro atoms. The van der Waals surface area contributed by atoms with Crippen LogP contribution in [-0.4, -0.2) is 53.1 Å². The van der Waals surface area contributed by atoms with E-state index >= 15 is 0 Å². The van der Waals surface area contributed by atoms with Crippen LogP contribution >= 0.6 is 0 Å². The second-order valence-corrected chi connectivity index (χ2v) is 4.35. The maximum Gasteiger partial charge on any atom is 0.323 e. The molecule has 1 unspecified atom stereocenters. The maximum atomic E-state index is 12.1. The summed E-state index contributed by atoms with van der Waals surface area (Å²) >= 11 is 0. The van der Waals surface area contributed by atoms with Crippen molar-refractivity contribution in [2.45, 2.75) is 19.8 Å². The van der Waals surface area contributed by atoms with Gasteiger partial charge in [-0.15, -0.1) is 6.58 Å². The fourth-order valence-corrected chi connectivity index (χ4v) is 2.07. The Labute approximate surface area is 102 Å².